The van der Waals surface area contributed by atoms with Crippen LogP contribution in [-0.4, -0.2) is 36.0 Å². The number of hydrogen-bond acceptors (Lipinski definition) is 7. The summed E-state index contributed by atoms with van der Waals surface area (Å²) in [6.07, 6.45) is 2.52. The second-order valence-electron chi connectivity index (χ2n) is 6.53. The monoisotopic (exact) mass is 387 g/mol. The summed E-state index contributed by atoms with van der Waals surface area (Å²) >= 11 is 0. The molecule has 9 nitrogen and oxygen atoms in total. The predicted molar refractivity (Wildman–Crippen MR) is 101 cm³/mol. The number of piperidine rings is 1. The third-order valence-corrected chi connectivity index (χ3v) is 4.48. The van der Waals surface area contributed by atoms with Crippen molar-refractivity contribution in [2.45, 2.75) is 32.3 Å². The molecule has 0 spiro atoms. The molecule has 148 valence electrons. The van der Waals surface area contributed by atoms with Crippen LogP contribution in [0.2, 0.25) is 0 Å². The van der Waals surface area contributed by atoms with Gasteiger partial charge in [-0.15, -0.1) is 0 Å². The quantitative estimate of drug-likeness (QED) is 0.459. The molecule has 1 fully saturated rings. The van der Waals surface area contributed by atoms with Gasteiger partial charge in [0.05, 0.1) is 6.07 Å². The maximum absolute atomic E-state index is 12.2. The third kappa shape index (κ3) is 4.67. The summed E-state index contributed by atoms with van der Waals surface area (Å²) in [5.41, 5.74) is 1.69. The fourth-order valence-electron chi connectivity index (χ4n) is 2.96. The Kier molecular flexibility index (Phi) is 5.93. The number of rotatable bonds is 6. The van der Waals surface area contributed by atoms with Crippen LogP contribution in [-0.2, 0) is 9.53 Å². The van der Waals surface area contributed by atoms with Gasteiger partial charge in [-0.25, -0.2) is 4.79 Å². The van der Waals surface area contributed by atoms with Crippen LogP contribution in [0, 0.1) is 10.1 Å². The number of amides is 1. The summed E-state index contributed by atoms with van der Waals surface area (Å²) < 4.78 is 9.77. The van der Waals surface area contributed by atoms with E-state index >= 15 is 0 Å². The van der Waals surface area contributed by atoms with Crippen molar-refractivity contribution in [3.8, 4) is 0 Å². The van der Waals surface area contributed by atoms with Gasteiger partial charge >= 0.3 is 11.9 Å². The molecule has 1 saturated heterocycles. The zero-order valence-electron chi connectivity index (χ0n) is 15.4. The number of ether oxygens (including phenoxy) is 1. The lowest BCUT2D eigenvalue weighted by Crippen LogP contribution is -2.30. The SMILES string of the molecule is C[C@H](OC(=O)c1ccc([N+](=O)[O-])o1)C(=O)Nc1ccc(N2CCCCC2)cc1. The highest BCUT2D eigenvalue weighted by molar-refractivity contribution is 5.96. The fourth-order valence-corrected chi connectivity index (χ4v) is 2.96. The molecule has 1 N–H and O–H groups in total. The van der Waals surface area contributed by atoms with E-state index in [0.29, 0.717) is 5.69 Å². The first-order valence-corrected chi connectivity index (χ1v) is 9.05. The number of nitrogens with one attached hydrogen (secondary N) is 1. The molecule has 1 amide bonds. The Balaban J connectivity index is 1.54. The van der Waals surface area contributed by atoms with E-state index in [2.05, 4.69) is 10.2 Å². The summed E-state index contributed by atoms with van der Waals surface area (Å²) in [5.74, 6) is -2.37. The highest BCUT2D eigenvalue weighted by Crippen LogP contribution is 2.22. The van der Waals surface area contributed by atoms with Gasteiger partial charge in [-0.2, -0.15) is 0 Å². The molecule has 1 aromatic heterocycles. The van der Waals surface area contributed by atoms with Crippen molar-refractivity contribution in [1.82, 2.24) is 0 Å². The van der Waals surface area contributed by atoms with E-state index in [-0.39, 0.29) is 5.76 Å². The van der Waals surface area contributed by atoms with Gasteiger partial charge in [-0.3, -0.25) is 14.9 Å². The summed E-state index contributed by atoms with van der Waals surface area (Å²) in [7, 11) is 0. The summed E-state index contributed by atoms with van der Waals surface area (Å²) in [4.78, 5) is 36.3. The van der Waals surface area contributed by atoms with Crippen LogP contribution >= 0.6 is 0 Å². The zero-order chi connectivity index (χ0) is 20.1. The molecule has 1 atom stereocenters. The average Bonchev–Trinajstić information content (AvgIpc) is 3.20. The number of anilines is 2. The smallest absolute Gasteiger partial charge is 0.433 e. The van der Waals surface area contributed by atoms with Gasteiger partial charge in [-0.05, 0) is 56.5 Å². The van der Waals surface area contributed by atoms with Gasteiger partial charge in [0, 0.05) is 24.5 Å². The second kappa shape index (κ2) is 8.55. The Morgan fingerprint density at radius 3 is 2.43 bits per heavy atom. The number of hydrogen-bond donors (Lipinski definition) is 1. The van der Waals surface area contributed by atoms with E-state index in [1.165, 1.54) is 26.2 Å². The van der Waals surface area contributed by atoms with Crippen molar-refractivity contribution in [3.05, 3.63) is 52.3 Å². The van der Waals surface area contributed by atoms with Gasteiger partial charge in [0.25, 0.3) is 5.91 Å². The first-order chi connectivity index (χ1) is 13.4. The minimum absolute atomic E-state index is 0.336. The summed E-state index contributed by atoms with van der Waals surface area (Å²) in [6.45, 7) is 3.47. The van der Waals surface area contributed by atoms with Crippen LogP contribution in [0.25, 0.3) is 0 Å². The van der Waals surface area contributed by atoms with Crippen LogP contribution in [0.1, 0.15) is 36.7 Å². The topological polar surface area (TPSA) is 115 Å². The molecule has 9 heteroatoms. The largest absolute Gasteiger partial charge is 0.447 e. The van der Waals surface area contributed by atoms with Crippen LogP contribution in [0.3, 0.4) is 0 Å². The minimum atomic E-state index is -1.10. The highest BCUT2D eigenvalue weighted by atomic mass is 16.7. The first-order valence-electron chi connectivity index (χ1n) is 9.05. The highest BCUT2D eigenvalue weighted by Gasteiger charge is 2.23. The normalized spacial score (nSPS) is 15.0. The fraction of sp³-hybridized carbons (Fsp3) is 0.368. The van der Waals surface area contributed by atoms with Crippen molar-refractivity contribution in [2.75, 3.05) is 23.3 Å². The Hall–Kier alpha value is -3.36. The van der Waals surface area contributed by atoms with Gasteiger partial charge in [0.15, 0.2) is 6.10 Å². The summed E-state index contributed by atoms with van der Waals surface area (Å²) in [5, 5.41) is 13.3. The van der Waals surface area contributed by atoms with Crippen LogP contribution < -0.4 is 10.2 Å². The Labute approximate surface area is 161 Å². The van der Waals surface area contributed by atoms with E-state index in [4.69, 9.17) is 9.15 Å². The maximum atomic E-state index is 12.2. The van der Waals surface area contributed by atoms with Crippen LogP contribution in [0.4, 0.5) is 17.3 Å². The standard InChI is InChI=1S/C19H21N3O6/c1-13(27-19(24)16-9-10-17(28-16)22(25)26)18(23)20-14-5-7-15(8-6-14)21-11-3-2-4-12-21/h5-10,13H,2-4,11-12H2,1H3,(H,20,23)/t13-/m0/s1. The third-order valence-electron chi connectivity index (χ3n) is 4.48. The number of carbonyl (C=O) groups is 2. The van der Waals surface area contributed by atoms with Crippen molar-refractivity contribution in [1.29, 1.82) is 0 Å². The Morgan fingerprint density at radius 1 is 1.14 bits per heavy atom. The Bertz CT molecular complexity index is 855. The van der Waals surface area contributed by atoms with E-state index < -0.39 is 28.8 Å². The number of nitro groups is 1. The summed E-state index contributed by atoms with van der Waals surface area (Å²) in [6, 6.07) is 9.66. The van der Waals surface area contributed by atoms with Gasteiger partial charge in [0.2, 0.25) is 5.76 Å². The molecule has 1 aliphatic heterocycles. The van der Waals surface area contributed by atoms with E-state index in [1.807, 2.05) is 12.1 Å². The zero-order valence-corrected chi connectivity index (χ0v) is 15.4. The molecule has 1 aliphatic rings. The molecule has 2 aromatic rings. The lowest BCUT2D eigenvalue weighted by molar-refractivity contribution is -0.402. The van der Waals surface area contributed by atoms with Crippen LogP contribution in [0.5, 0.6) is 0 Å². The number of furan rings is 1. The molecular weight excluding hydrogens is 366 g/mol. The second-order valence-corrected chi connectivity index (χ2v) is 6.53. The van der Waals surface area contributed by atoms with Crippen LogP contribution in [0.15, 0.2) is 40.8 Å². The van der Waals surface area contributed by atoms with E-state index in [1.54, 1.807) is 12.1 Å². The molecule has 28 heavy (non-hydrogen) atoms. The van der Waals surface area contributed by atoms with E-state index in [0.717, 1.165) is 30.9 Å². The Morgan fingerprint density at radius 2 is 1.82 bits per heavy atom. The molecule has 0 saturated carbocycles. The first kappa shape index (κ1) is 19.4. The molecule has 0 bridgehead atoms. The maximum Gasteiger partial charge on any atom is 0.433 e. The molecule has 2 heterocycles. The molecule has 1 aromatic carbocycles. The molecule has 3 rings (SSSR count). The van der Waals surface area contributed by atoms with Crippen molar-refractivity contribution >= 4 is 29.1 Å². The van der Waals surface area contributed by atoms with Crippen molar-refractivity contribution < 1.29 is 23.7 Å². The average molecular weight is 387 g/mol. The van der Waals surface area contributed by atoms with Gasteiger partial charge in [-0.1, -0.05) is 0 Å². The lowest BCUT2D eigenvalue weighted by atomic mass is 10.1. The minimum Gasteiger partial charge on any atom is -0.447 e. The predicted octanol–water partition coefficient (Wildman–Crippen LogP) is 3.36. The number of esters is 1. The molecule has 0 radical (unpaired) electrons. The molecular formula is C19H21N3O6. The van der Waals surface area contributed by atoms with Crippen molar-refractivity contribution in [3.63, 3.8) is 0 Å². The number of nitrogens with zero attached hydrogens (tertiary/aromatic N) is 2. The van der Waals surface area contributed by atoms with E-state index in [9.17, 15) is 19.7 Å². The number of carbonyl (C=O) groups excluding carboxylic acids is 2. The molecule has 0 aliphatic carbocycles. The lowest BCUT2D eigenvalue weighted by Gasteiger charge is -2.28. The van der Waals surface area contributed by atoms with Gasteiger partial charge < -0.3 is 19.4 Å². The van der Waals surface area contributed by atoms with Crippen molar-refractivity contribution in [2.24, 2.45) is 0 Å². The molecule has 0 unspecified atom stereocenters. The number of benzene rings is 1. The van der Waals surface area contributed by atoms with Gasteiger partial charge in [0.1, 0.15) is 4.92 Å².